The van der Waals surface area contributed by atoms with Gasteiger partial charge < -0.3 is 10.1 Å². The highest BCUT2D eigenvalue weighted by Gasteiger charge is 2.19. The third-order valence-electron chi connectivity index (χ3n) is 5.19. The summed E-state index contributed by atoms with van der Waals surface area (Å²) in [7, 11) is -2.24. The van der Waals surface area contributed by atoms with Crippen molar-refractivity contribution in [2.24, 2.45) is 5.14 Å². The number of rotatable bonds is 5. The maximum Gasteiger partial charge on any atom is 0.238 e. The zero-order chi connectivity index (χ0) is 21.3. The number of methoxy groups -OCH3 is 1. The molecule has 29 heavy (non-hydrogen) atoms. The summed E-state index contributed by atoms with van der Waals surface area (Å²) < 4.78 is 28.7. The SMILES string of the molecule is COc1ccc2cc([C@H](C)C(=O)Nc3cc(S(N)(=O)=O)cc(C)c3C)ccc2c1. The molecule has 0 aliphatic carbocycles. The molecule has 0 aliphatic heterocycles. The molecule has 3 rings (SSSR count). The van der Waals surface area contributed by atoms with Crippen LogP contribution in [0, 0.1) is 13.8 Å². The maximum absolute atomic E-state index is 12.9. The molecule has 152 valence electrons. The number of benzene rings is 3. The second-order valence-electron chi connectivity index (χ2n) is 7.14. The molecular weight excluding hydrogens is 388 g/mol. The van der Waals surface area contributed by atoms with Crippen molar-refractivity contribution in [3.63, 3.8) is 0 Å². The topological polar surface area (TPSA) is 98.5 Å². The molecule has 0 fully saturated rings. The van der Waals surface area contributed by atoms with Crippen molar-refractivity contribution in [2.75, 3.05) is 12.4 Å². The van der Waals surface area contributed by atoms with Gasteiger partial charge in [-0.25, -0.2) is 13.6 Å². The summed E-state index contributed by atoms with van der Waals surface area (Å²) >= 11 is 0. The van der Waals surface area contributed by atoms with E-state index in [-0.39, 0.29) is 10.8 Å². The quantitative estimate of drug-likeness (QED) is 0.665. The van der Waals surface area contributed by atoms with Gasteiger partial charge in [0, 0.05) is 5.69 Å². The molecule has 0 bridgehead atoms. The molecule has 0 heterocycles. The van der Waals surface area contributed by atoms with Crippen LogP contribution in [0.1, 0.15) is 29.5 Å². The Kier molecular flexibility index (Phi) is 5.64. The molecule has 1 atom stereocenters. The van der Waals surface area contributed by atoms with E-state index in [9.17, 15) is 13.2 Å². The predicted octanol–water partition coefficient (Wildman–Crippen LogP) is 3.85. The second-order valence-corrected chi connectivity index (χ2v) is 8.70. The Morgan fingerprint density at radius 1 is 1.03 bits per heavy atom. The van der Waals surface area contributed by atoms with Crippen molar-refractivity contribution in [1.82, 2.24) is 0 Å². The van der Waals surface area contributed by atoms with Crippen LogP contribution in [0.25, 0.3) is 10.8 Å². The Morgan fingerprint density at radius 3 is 2.34 bits per heavy atom. The van der Waals surface area contributed by atoms with Crippen LogP contribution >= 0.6 is 0 Å². The minimum atomic E-state index is -3.86. The zero-order valence-electron chi connectivity index (χ0n) is 16.8. The molecule has 0 saturated heterocycles. The van der Waals surface area contributed by atoms with Gasteiger partial charge in [-0.2, -0.15) is 0 Å². The molecule has 0 radical (unpaired) electrons. The van der Waals surface area contributed by atoms with Gasteiger partial charge in [-0.05, 0) is 72.5 Å². The first-order chi connectivity index (χ1) is 13.6. The van der Waals surface area contributed by atoms with Crippen molar-refractivity contribution >= 4 is 32.4 Å². The van der Waals surface area contributed by atoms with E-state index in [1.807, 2.05) is 50.2 Å². The fourth-order valence-electron chi connectivity index (χ4n) is 3.15. The number of carbonyl (C=O) groups is 1. The van der Waals surface area contributed by atoms with Crippen molar-refractivity contribution in [3.8, 4) is 5.75 Å². The number of hydrogen-bond acceptors (Lipinski definition) is 4. The lowest BCUT2D eigenvalue weighted by Crippen LogP contribution is -2.20. The second kappa shape index (κ2) is 7.85. The van der Waals surface area contributed by atoms with E-state index in [1.165, 1.54) is 12.1 Å². The van der Waals surface area contributed by atoms with Gasteiger partial charge in [0.15, 0.2) is 0 Å². The molecule has 0 aliphatic rings. The molecule has 3 aromatic rings. The Labute approximate surface area is 170 Å². The molecule has 6 nitrogen and oxygen atoms in total. The number of sulfonamides is 1. The Morgan fingerprint density at radius 2 is 1.69 bits per heavy atom. The average molecular weight is 413 g/mol. The van der Waals surface area contributed by atoms with Gasteiger partial charge in [-0.3, -0.25) is 4.79 Å². The first-order valence-corrected chi connectivity index (χ1v) is 10.7. The minimum Gasteiger partial charge on any atom is -0.497 e. The Bertz CT molecular complexity index is 1200. The fourth-order valence-corrected chi connectivity index (χ4v) is 3.77. The minimum absolute atomic E-state index is 0.0248. The van der Waals surface area contributed by atoms with E-state index in [1.54, 1.807) is 14.0 Å². The number of primary sulfonamides is 1. The van der Waals surface area contributed by atoms with E-state index in [0.717, 1.165) is 33.2 Å². The van der Waals surface area contributed by atoms with Crippen molar-refractivity contribution in [1.29, 1.82) is 0 Å². The summed E-state index contributed by atoms with van der Waals surface area (Å²) in [6.07, 6.45) is 0. The number of anilines is 1. The molecule has 0 aromatic heterocycles. The van der Waals surface area contributed by atoms with E-state index in [0.29, 0.717) is 5.69 Å². The lowest BCUT2D eigenvalue weighted by Gasteiger charge is -2.17. The number of carbonyl (C=O) groups excluding carboxylic acids is 1. The highest BCUT2D eigenvalue weighted by atomic mass is 32.2. The number of amides is 1. The number of hydrogen-bond donors (Lipinski definition) is 2. The molecular formula is C22H24N2O4S. The van der Waals surface area contributed by atoms with Gasteiger partial charge in [0.25, 0.3) is 0 Å². The summed E-state index contributed by atoms with van der Waals surface area (Å²) in [4.78, 5) is 12.8. The zero-order valence-corrected chi connectivity index (χ0v) is 17.6. The van der Waals surface area contributed by atoms with Crippen molar-refractivity contribution < 1.29 is 17.9 Å². The molecule has 1 amide bonds. The maximum atomic E-state index is 12.9. The van der Waals surface area contributed by atoms with Gasteiger partial charge >= 0.3 is 0 Å². The van der Waals surface area contributed by atoms with Crippen LogP contribution in [-0.4, -0.2) is 21.4 Å². The number of fused-ring (bicyclic) bond motifs is 1. The molecule has 3 N–H and O–H groups in total. The number of ether oxygens (including phenoxy) is 1. The Balaban J connectivity index is 1.89. The average Bonchev–Trinajstić information content (AvgIpc) is 2.68. The van der Waals surface area contributed by atoms with Crippen LogP contribution < -0.4 is 15.2 Å². The van der Waals surface area contributed by atoms with Crippen LogP contribution in [0.4, 0.5) is 5.69 Å². The number of aryl methyl sites for hydroxylation is 1. The molecule has 3 aromatic carbocycles. The van der Waals surface area contributed by atoms with Gasteiger partial charge in [-0.1, -0.05) is 24.3 Å². The van der Waals surface area contributed by atoms with Crippen LogP contribution in [-0.2, 0) is 14.8 Å². The van der Waals surface area contributed by atoms with E-state index < -0.39 is 15.9 Å². The smallest absolute Gasteiger partial charge is 0.238 e. The van der Waals surface area contributed by atoms with Crippen LogP contribution in [0.5, 0.6) is 5.75 Å². The van der Waals surface area contributed by atoms with Crippen molar-refractivity contribution in [3.05, 3.63) is 65.2 Å². The normalized spacial score (nSPS) is 12.6. The largest absolute Gasteiger partial charge is 0.497 e. The number of nitrogens with two attached hydrogens (primary N) is 1. The Hall–Kier alpha value is -2.90. The summed E-state index contributed by atoms with van der Waals surface area (Å²) in [5.41, 5.74) is 2.83. The van der Waals surface area contributed by atoms with Gasteiger partial charge in [-0.15, -0.1) is 0 Å². The van der Waals surface area contributed by atoms with Crippen LogP contribution in [0.2, 0.25) is 0 Å². The van der Waals surface area contributed by atoms with Crippen LogP contribution in [0.3, 0.4) is 0 Å². The molecule has 0 unspecified atom stereocenters. The van der Waals surface area contributed by atoms with E-state index in [2.05, 4.69) is 5.32 Å². The molecule has 0 saturated carbocycles. The third kappa shape index (κ3) is 4.41. The van der Waals surface area contributed by atoms with E-state index >= 15 is 0 Å². The van der Waals surface area contributed by atoms with Gasteiger partial charge in [0.2, 0.25) is 15.9 Å². The fraction of sp³-hybridized carbons (Fsp3) is 0.227. The van der Waals surface area contributed by atoms with Gasteiger partial charge in [0.05, 0.1) is 17.9 Å². The highest BCUT2D eigenvalue weighted by Crippen LogP contribution is 2.28. The monoisotopic (exact) mass is 412 g/mol. The lowest BCUT2D eigenvalue weighted by molar-refractivity contribution is -0.117. The van der Waals surface area contributed by atoms with Crippen molar-refractivity contribution in [2.45, 2.75) is 31.6 Å². The lowest BCUT2D eigenvalue weighted by atomic mass is 9.96. The first-order valence-electron chi connectivity index (χ1n) is 9.13. The standard InChI is InChI=1S/C22H24N2O4S/c1-13-9-20(29(23,26)27)12-21(14(13)2)24-22(25)15(3)16-5-6-18-11-19(28-4)8-7-17(18)10-16/h5-12,15H,1-4H3,(H,24,25)(H2,23,26,27)/t15-/m0/s1. The summed E-state index contributed by atoms with van der Waals surface area (Å²) in [5.74, 6) is 0.114. The van der Waals surface area contributed by atoms with E-state index in [4.69, 9.17) is 9.88 Å². The van der Waals surface area contributed by atoms with Gasteiger partial charge in [0.1, 0.15) is 5.75 Å². The number of nitrogens with one attached hydrogen (secondary N) is 1. The third-order valence-corrected chi connectivity index (χ3v) is 6.08. The molecule has 7 heteroatoms. The highest BCUT2D eigenvalue weighted by molar-refractivity contribution is 7.89. The van der Waals surface area contributed by atoms with Crippen LogP contribution in [0.15, 0.2) is 53.4 Å². The summed E-state index contributed by atoms with van der Waals surface area (Å²) in [5, 5.41) is 10.1. The summed E-state index contributed by atoms with van der Waals surface area (Å²) in [6, 6.07) is 14.5. The summed E-state index contributed by atoms with van der Waals surface area (Å²) in [6.45, 7) is 5.42. The molecule has 0 spiro atoms. The predicted molar refractivity (Wildman–Crippen MR) is 115 cm³/mol. The first kappa shape index (κ1) is 20.8.